The van der Waals surface area contributed by atoms with Gasteiger partial charge in [0.2, 0.25) is 0 Å². The lowest BCUT2D eigenvalue weighted by molar-refractivity contribution is -0.141. The largest absolute Gasteiger partial charge is 0.481 e. The number of hydrogen-bond acceptors (Lipinski definition) is 4. The fraction of sp³-hybridized carbons (Fsp3) is 0.333. The molecule has 0 saturated carbocycles. The average Bonchev–Trinajstić information content (AvgIpc) is 2.76. The molecule has 0 aliphatic carbocycles. The molecule has 2 aromatic heterocycles. The van der Waals surface area contributed by atoms with Crippen LogP contribution in [0.25, 0.3) is 11.0 Å². The van der Waals surface area contributed by atoms with Crippen molar-refractivity contribution in [3.05, 3.63) is 24.6 Å². The van der Waals surface area contributed by atoms with E-state index in [4.69, 9.17) is 9.52 Å². The van der Waals surface area contributed by atoms with E-state index in [-0.39, 0.29) is 6.04 Å². The molecule has 90 valence electrons. The number of anilines is 1. The van der Waals surface area contributed by atoms with Crippen molar-refractivity contribution in [3.63, 3.8) is 0 Å². The van der Waals surface area contributed by atoms with E-state index in [1.807, 2.05) is 13.0 Å². The van der Waals surface area contributed by atoms with E-state index in [0.717, 1.165) is 11.0 Å². The molecular formula is C12H14N2O3. The number of carboxylic acid groups (broad SMARTS) is 1. The third kappa shape index (κ3) is 2.22. The van der Waals surface area contributed by atoms with Crippen LogP contribution in [0.4, 0.5) is 5.82 Å². The standard InChI is InChI=1S/C12H14N2O3/c1-7(12(15)16)8(2)14-11-9-4-6-17-10(9)3-5-13-11/h3-8H,1-2H3,(H,13,14)(H,15,16). The van der Waals surface area contributed by atoms with Crippen LogP contribution in [-0.2, 0) is 4.79 Å². The quantitative estimate of drug-likeness (QED) is 0.849. The summed E-state index contributed by atoms with van der Waals surface area (Å²) in [6.45, 7) is 3.48. The van der Waals surface area contributed by atoms with Gasteiger partial charge in [-0.1, -0.05) is 0 Å². The molecule has 0 spiro atoms. The highest BCUT2D eigenvalue weighted by Crippen LogP contribution is 2.23. The molecule has 0 amide bonds. The molecule has 0 bridgehead atoms. The minimum atomic E-state index is -0.829. The molecule has 17 heavy (non-hydrogen) atoms. The molecule has 0 fully saturated rings. The summed E-state index contributed by atoms with van der Waals surface area (Å²) in [4.78, 5) is 15.1. The summed E-state index contributed by atoms with van der Waals surface area (Å²) in [5.74, 6) is -0.667. The van der Waals surface area contributed by atoms with Crippen molar-refractivity contribution in [1.82, 2.24) is 4.98 Å². The van der Waals surface area contributed by atoms with E-state index in [2.05, 4.69) is 10.3 Å². The topological polar surface area (TPSA) is 75.4 Å². The molecule has 5 nitrogen and oxygen atoms in total. The monoisotopic (exact) mass is 234 g/mol. The zero-order chi connectivity index (χ0) is 12.4. The van der Waals surface area contributed by atoms with E-state index >= 15 is 0 Å². The third-order valence-electron chi connectivity index (χ3n) is 2.88. The van der Waals surface area contributed by atoms with Crippen LogP contribution in [0.5, 0.6) is 0 Å². The van der Waals surface area contributed by atoms with Crippen LogP contribution in [0.2, 0.25) is 0 Å². The average molecular weight is 234 g/mol. The summed E-state index contributed by atoms with van der Waals surface area (Å²) in [6.07, 6.45) is 3.22. The van der Waals surface area contributed by atoms with Crippen LogP contribution >= 0.6 is 0 Å². The first-order chi connectivity index (χ1) is 8.09. The summed E-state index contributed by atoms with van der Waals surface area (Å²) in [7, 11) is 0. The number of nitrogens with one attached hydrogen (secondary N) is 1. The van der Waals surface area contributed by atoms with Gasteiger partial charge in [0.15, 0.2) is 0 Å². The Labute approximate surface area is 98.5 Å². The minimum absolute atomic E-state index is 0.208. The molecule has 0 saturated heterocycles. The molecule has 0 aliphatic rings. The van der Waals surface area contributed by atoms with Crippen molar-refractivity contribution in [2.75, 3.05) is 5.32 Å². The molecule has 0 radical (unpaired) electrons. The van der Waals surface area contributed by atoms with Gasteiger partial charge in [-0.15, -0.1) is 0 Å². The fourth-order valence-corrected chi connectivity index (χ4v) is 1.56. The number of hydrogen-bond donors (Lipinski definition) is 2. The lowest BCUT2D eigenvalue weighted by Crippen LogP contribution is -2.30. The summed E-state index contributed by atoms with van der Waals surface area (Å²) >= 11 is 0. The van der Waals surface area contributed by atoms with Gasteiger partial charge >= 0.3 is 5.97 Å². The smallest absolute Gasteiger partial charge is 0.308 e. The summed E-state index contributed by atoms with van der Waals surface area (Å²) in [5, 5.41) is 12.9. The highest BCUT2D eigenvalue weighted by atomic mass is 16.4. The number of nitrogens with zero attached hydrogens (tertiary/aromatic N) is 1. The van der Waals surface area contributed by atoms with Crippen molar-refractivity contribution >= 4 is 22.8 Å². The molecule has 2 N–H and O–H groups in total. The number of aromatic nitrogens is 1. The van der Waals surface area contributed by atoms with Gasteiger partial charge in [0.05, 0.1) is 17.6 Å². The van der Waals surface area contributed by atoms with Gasteiger partial charge < -0.3 is 14.8 Å². The van der Waals surface area contributed by atoms with Crippen LogP contribution in [0, 0.1) is 5.92 Å². The maximum absolute atomic E-state index is 10.9. The number of furan rings is 1. The van der Waals surface area contributed by atoms with Gasteiger partial charge in [0, 0.05) is 12.2 Å². The Morgan fingerprint density at radius 2 is 2.24 bits per heavy atom. The molecule has 2 unspecified atom stereocenters. The summed E-state index contributed by atoms with van der Waals surface area (Å²) in [5.41, 5.74) is 0.734. The first-order valence-corrected chi connectivity index (χ1v) is 5.41. The van der Waals surface area contributed by atoms with Gasteiger partial charge in [0.1, 0.15) is 11.4 Å². The van der Waals surface area contributed by atoms with Crippen LogP contribution < -0.4 is 5.32 Å². The lowest BCUT2D eigenvalue weighted by Gasteiger charge is -2.18. The second-order valence-corrected chi connectivity index (χ2v) is 4.05. The summed E-state index contributed by atoms with van der Waals surface area (Å²) in [6, 6.07) is 3.37. The molecule has 0 aliphatic heterocycles. The van der Waals surface area contributed by atoms with Crippen molar-refractivity contribution < 1.29 is 14.3 Å². The Balaban J connectivity index is 2.23. The van der Waals surface area contributed by atoms with Gasteiger partial charge in [-0.25, -0.2) is 4.98 Å². The molecule has 2 rings (SSSR count). The first-order valence-electron chi connectivity index (χ1n) is 5.41. The van der Waals surface area contributed by atoms with Gasteiger partial charge in [-0.05, 0) is 26.0 Å². The van der Waals surface area contributed by atoms with E-state index < -0.39 is 11.9 Å². The Morgan fingerprint density at radius 3 is 2.94 bits per heavy atom. The number of rotatable bonds is 4. The van der Waals surface area contributed by atoms with E-state index in [1.54, 1.807) is 25.5 Å². The van der Waals surface area contributed by atoms with Crippen LogP contribution in [0.15, 0.2) is 29.0 Å². The van der Waals surface area contributed by atoms with Crippen molar-refractivity contribution in [2.45, 2.75) is 19.9 Å². The number of carbonyl (C=O) groups is 1. The van der Waals surface area contributed by atoms with Crippen molar-refractivity contribution in [3.8, 4) is 0 Å². The zero-order valence-corrected chi connectivity index (χ0v) is 9.68. The third-order valence-corrected chi connectivity index (χ3v) is 2.88. The molecule has 2 heterocycles. The Morgan fingerprint density at radius 1 is 1.47 bits per heavy atom. The number of fused-ring (bicyclic) bond motifs is 1. The second-order valence-electron chi connectivity index (χ2n) is 4.05. The maximum Gasteiger partial charge on any atom is 0.308 e. The van der Waals surface area contributed by atoms with E-state index in [0.29, 0.717) is 5.82 Å². The predicted molar refractivity (Wildman–Crippen MR) is 63.9 cm³/mol. The minimum Gasteiger partial charge on any atom is -0.481 e. The maximum atomic E-state index is 10.9. The van der Waals surface area contributed by atoms with Crippen LogP contribution in [-0.4, -0.2) is 22.1 Å². The normalized spacial score (nSPS) is 14.5. The number of aliphatic carboxylic acids is 1. The Hall–Kier alpha value is -2.04. The van der Waals surface area contributed by atoms with Gasteiger partial charge in [0.25, 0.3) is 0 Å². The Bertz CT molecular complexity index is 535. The first kappa shape index (κ1) is 11.4. The molecular weight excluding hydrogens is 220 g/mol. The van der Waals surface area contributed by atoms with E-state index in [9.17, 15) is 4.79 Å². The molecule has 5 heteroatoms. The van der Waals surface area contributed by atoms with E-state index in [1.165, 1.54) is 0 Å². The molecule has 2 atom stereocenters. The highest BCUT2D eigenvalue weighted by Gasteiger charge is 2.20. The van der Waals surface area contributed by atoms with Crippen molar-refractivity contribution in [1.29, 1.82) is 0 Å². The highest BCUT2D eigenvalue weighted by molar-refractivity contribution is 5.88. The molecule has 0 aromatic carbocycles. The second kappa shape index (κ2) is 4.45. The van der Waals surface area contributed by atoms with Crippen LogP contribution in [0.3, 0.4) is 0 Å². The number of pyridine rings is 1. The number of carboxylic acids is 1. The predicted octanol–water partition coefficient (Wildman–Crippen LogP) is 2.35. The zero-order valence-electron chi connectivity index (χ0n) is 9.68. The fourth-order valence-electron chi connectivity index (χ4n) is 1.56. The Kier molecular flexibility index (Phi) is 2.99. The van der Waals surface area contributed by atoms with Gasteiger partial charge in [-0.3, -0.25) is 4.79 Å². The lowest BCUT2D eigenvalue weighted by atomic mass is 10.0. The summed E-state index contributed by atoms with van der Waals surface area (Å²) < 4.78 is 5.25. The van der Waals surface area contributed by atoms with Crippen LogP contribution in [0.1, 0.15) is 13.8 Å². The molecule has 2 aromatic rings. The van der Waals surface area contributed by atoms with Gasteiger partial charge in [-0.2, -0.15) is 0 Å². The SMILES string of the molecule is CC(Nc1nccc2occc12)C(C)C(=O)O. The van der Waals surface area contributed by atoms with Crippen molar-refractivity contribution in [2.24, 2.45) is 5.92 Å².